The molecule has 0 bridgehead atoms. The van der Waals surface area contributed by atoms with Crippen LogP contribution in [0.5, 0.6) is 0 Å². The maximum atomic E-state index is 11.6. The van der Waals surface area contributed by atoms with E-state index in [1.54, 1.807) is 6.92 Å². The molecule has 2 aromatic rings. The fourth-order valence-electron chi connectivity index (χ4n) is 1.69. The molecule has 5 N–H and O–H groups in total. The van der Waals surface area contributed by atoms with Gasteiger partial charge < -0.3 is 21.4 Å². The Labute approximate surface area is 109 Å². The van der Waals surface area contributed by atoms with Crippen molar-refractivity contribution in [3.05, 3.63) is 30.1 Å². The van der Waals surface area contributed by atoms with Gasteiger partial charge in [0.25, 0.3) is 0 Å². The van der Waals surface area contributed by atoms with E-state index in [1.165, 1.54) is 0 Å². The first-order chi connectivity index (χ1) is 9.06. The summed E-state index contributed by atoms with van der Waals surface area (Å²) >= 11 is 0. The molecule has 0 aliphatic carbocycles. The Morgan fingerprint density at radius 1 is 1.42 bits per heavy atom. The number of aromatic nitrogens is 2. The number of nitrogens with zero attached hydrogens (tertiary/aromatic N) is 1. The van der Waals surface area contributed by atoms with E-state index in [9.17, 15) is 9.59 Å². The molecule has 0 aliphatic rings. The smallest absolute Gasteiger partial charge is 0.312 e. The number of para-hydroxylation sites is 2. The monoisotopic (exact) mass is 261 g/mol. The number of imidazole rings is 1. The van der Waals surface area contributed by atoms with Crippen molar-refractivity contribution in [3.8, 4) is 0 Å². The first-order valence-electron chi connectivity index (χ1n) is 5.83. The number of carbonyl (C=O) groups excluding carboxylic acids is 2. The van der Waals surface area contributed by atoms with Crippen LogP contribution in [0.1, 0.15) is 12.7 Å². The molecule has 0 spiro atoms. The van der Waals surface area contributed by atoms with Crippen LogP contribution in [0.25, 0.3) is 11.0 Å². The summed E-state index contributed by atoms with van der Waals surface area (Å²) < 4.78 is 0. The van der Waals surface area contributed by atoms with E-state index in [1.807, 2.05) is 24.3 Å². The summed E-state index contributed by atoms with van der Waals surface area (Å²) in [6.07, 6.45) is 0. The summed E-state index contributed by atoms with van der Waals surface area (Å²) in [5, 5.41) is 4.96. The number of amides is 3. The molecule has 0 unspecified atom stereocenters. The Hall–Kier alpha value is -2.57. The highest BCUT2D eigenvalue weighted by atomic mass is 16.2. The van der Waals surface area contributed by atoms with Crippen molar-refractivity contribution in [1.29, 1.82) is 0 Å². The predicted molar refractivity (Wildman–Crippen MR) is 70.1 cm³/mol. The second-order valence-electron chi connectivity index (χ2n) is 4.15. The van der Waals surface area contributed by atoms with Crippen LogP contribution in [0, 0.1) is 0 Å². The van der Waals surface area contributed by atoms with Gasteiger partial charge >= 0.3 is 6.03 Å². The molecule has 0 radical (unpaired) electrons. The zero-order valence-electron chi connectivity index (χ0n) is 10.4. The maximum Gasteiger partial charge on any atom is 0.312 e. The lowest BCUT2D eigenvalue weighted by atomic mass is 10.3. The van der Waals surface area contributed by atoms with Crippen LogP contribution in [0.2, 0.25) is 0 Å². The molecule has 1 aromatic carbocycles. The number of hydrogen-bond donors (Lipinski definition) is 4. The second-order valence-corrected chi connectivity index (χ2v) is 4.15. The van der Waals surface area contributed by atoms with Gasteiger partial charge in [-0.1, -0.05) is 12.1 Å². The molecule has 3 amide bonds. The third-order valence-electron chi connectivity index (χ3n) is 2.62. The van der Waals surface area contributed by atoms with Crippen molar-refractivity contribution in [2.24, 2.45) is 5.73 Å². The number of hydrogen-bond acceptors (Lipinski definition) is 3. The van der Waals surface area contributed by atoms with Gasteiger partial charge in [-0.25, -0.2) is 9.78 Å². The quantitative estimate of drug-likeness (QED) is 0.632. The van der Waals surface area contributed by atoms with Gasteiger partial charge in [-0.05, 0) is 19.1 Å². The van der Waals surface area contributed by atoms with Crippen LogP contribution >= 0.6 is 0 Å². The number of rotatable bonds is 4. The fourth-order valence-corrected chi connectivity index (χ4v) is 1.69. The number of fused-ring (bicyclic) bond motifs is 1. The topological polar surface area (TPSA) is 113 Å². The maximum absolute atomic E-state index is 11.6. The number of nitrogens with two attached hydrogens (primary N) is 1. The number of urea groups is 1. The lowest BCUT2D eigenvalue weighted by Gasteiger charge is -2.11. The highest BCUT2D eigenvalue weighted by molar-refractivity contribution is 5.86. The predicted octanol–water partition coefficient (Wildman–Crippen LogP) is 0.236. The average Bonchev–Trinajstić information content (AvgIpc) is 2.77. The molecule has 1 aromatic heterocycles. The molecule has 0 saturated carbocycles. The standard InChI is InChI=1S/C12H15N5O2/c1-7(15-12(13)19)11(18)14-6-10-16-8-4-2-3-5-9(8)17-10/h2-5,7H,6H2,1H3,(H,14,18)(H,16,17)(H3,13,15,19)/t7-/m0/s1. The fraction of sp³-hybridized carbons (Fsp3) is 0.250. The molecule has 0 aliphatic heterocycles. The van der Waals surface area contributed by atoms with Crippen LogP contribution in [-0.4, -0.2) is 27.9 Å². The molecule has 1 heterocycles. The Morgan fingerprint density at radius 2 is 2.16 bits per heavy atom. The second kappa shape index (κ2) is 5.38. The summed E-state index contributed by atoms with van der Waals surface area (Å²) in [7, 11) is 0. The first kappa shape index (κ1) is 12.9. The van der Waals surface area contributed by atoms with Gasteiger partial charge in [-0.2, -0.15) is 0 Å². The van der Waals surface area contributed by atoms with Crippen molar-refractivity contribution in [3.63, 3.8) is 0 Å². The average molecular weight is 261 g/mol. The Morgan fingerprint density at radius 3 is 2.84 bits per heavy atom. The zero-order valence-corrected chi connectivity index (χ0v) is 10.4. The van der Waals surface area contributed by atoms with Crippen LogP contribution in [0.4, 0.5) is 4.79 Å². The van der Waals surface area contributed by atoms with E-state index in [0.29, 0.717) is 5.82 Å². The number of aromatic amines is 1. The number of primary amides is 1. The highest BCUT2D eigenvalue weighted by Crippen LogP contribution is 2.09. The third kappa shape index (κ3) is 3.21. The van der Waals surface area contributed by atoms with E-state index in [4.69, 9.17) is 5.73 Å². The number of benzene rings is 1. The summed E-state index contributed by atoms with van der Waals surface area (Å²) in [5.74, 6) is 0.333. The molecule has 7 heteroatoms. The molecule has 19 heavy (non-hydrogen) atoms. The van der Waals surface area contributed by atoms with Crippen molar-refractivity contribution < 1.29 is 9.59 Å². The van der Waals surface area contributed by atoms with Gasteiger partial charge in [-0.3, -0.25) is 4.79 Å². The van der Waals surface area contributed by atoms with Gasteiger partial charge in [0.15, 0.2) is 0 Å². The lowest BCUT2D eigenvalue weighted by molar-refractivity contribution is -0.122. The lowest BCUT2D eigenvalue weighted by Crippen LogP contribution is -2.46. The minimum Gasteiger partial charge on any atom is -0.352 e. The highest BCUT2D eigenvalue weighted by Gasteiger charge is 2.14. The minimum atomic E-state index is -0.730. The molecule has 100 valence electrons. The summed E-state index contributed by atoms with van der Waals surface area (Å²) in [6.45, 7) is 1.82. The van der Waals surface area contributed by atoms with Gasteiger partial charge in [-0.15, -0.1) is 0 Å². The minimum absolute atomic E-state index is 0.262. The Bertz CT molecular complexity index is 574. The van der Waals surface area contributed by atoms with E-state index in [2.05, 4.69) is 20.6 Å². The molecule has 0 fully saturated rings. The summed E-state index contributed by atoms with van der Waals surface area (Å²) in [5.41, 5.74) is 6.70. The van der Waals surface area contributed by atoms with E-state index >= 15 is 0 Å². The molecule has 7 nitrogen and oxygen atoms in total. The summed E-state index contributed by atoms with van der Waals surface area (Å²) in [4.78, 5) is 29.7. The van der Waals surface area contributed by atoms with Crippen molar-refractivity contribution in [2.45, 2.75) is 19.5 Å². The largest absolute Gasteiger partial charge is 0.352 e. The normalized spacial score (nSPS) is 12.1. The molecular formula is C12H15N5O2. The van der Waals surface area contributed by atoms with Crippen LogP contribution in [0.3, 0.4) is 0 Å². The Kier molecular flexibility index (Phi) is 3.65. The molecular weight excluding hydrogens is 246 g/mol. The van der Waals surface area contributed by atoms with Crippen molar-refractivity contribution >= 4 is 23.0 Å². The van der Waals surface area contributed by atoms with E-state index in [-0.39, 0.29) is 12.5 Å². The number of nitrogens with one attached hydrogen (secondary N) is 3. The zero-order chi connectivity index (χ0) is 13.8. The van der Waals surface area contributed by atoms with Crippen molar-refractivity contribution in [1.82, 2.24) is 20.6 Å². The SMILES string of the molecule is C[C@H](NC(N)=O)C(=O)NCc1nc2ccccc2[nH]1. The number of carbonyl (C=O) groups is 2. The summed E-state index contributed by atoms with van der Waals surface area (Å²) in [6, 6.07) is 6.18. The van der Waals surface area contributed by atoms with Crippen LogP contribution in [0.15, 0.2) is 24.3 Å². The van der Waals surface area contributed by atoms with Gasteiger partial charge in [0.1, 0.15) is 11.9 Å². The van der Waals surface area contributed by atoms with Crippen molar-refractivity contribution in [2.75, 3.05) is 0 Å². The van der Waals surface area contributed by atoms with Crippen LogP contribution in [-0.2, 0) is 11.3 Å². The third-order valence-corrected chi connectivity index (χ3v) is 2.62. The first-order valence-corrected chi connectivity index (χ1v) is 5.83. The molecule has 1 atom stereocenters. The molecule has 0 saturated heterocycles. The number of H-pyrrole nitrogens is 1. The Balaban J connectivity index is 1.94. The van der Waals surface area contributed by atoms with Gasteiger partial charge in [0.05, 0.1) is 17.6 Å². The molecule has 2 rings (SSSR count). The van der Waals surface area contributed by atoms with Gasteiger partial charge in [0, 0.05) is 0 Å². The van der Waals surface area contributed by atoms with Gasteiger partial charge in [0.2, 0.25) is 5.91 Å². The van der Waals surface area contributed by atoms with E-state index in [0.717, 1.165) is 11.0 Å². The van der Waals surface area contributed by atoms with Crippen LogP contribution < -0.4 is 16.4 Å². The van der Waals surface area contributed by atoms with E-state index < -0.39 is 12.1 Å².